The van der Waals surface area contributed by atoms with Gasteiger partial charge < -0.3 is 33.8 Å². The van der Waals surface area contributed by atoms with Gasteiger partial charge in [-0.15, -0.1) is 0 Å². The Morgan fingerprint density at radius 3 is 0.804 bits per heavy atom. The Hall–Kier alpha value is -4.02. The van der Waals surface area contributed by atoms with Crippen molar-refractivity contribution in [3.63, 3.8) is 0 Å². The molecule has 102 heavy (non-hydrogen) atoms. The molecule has 0 radical (unpaired) electrons. The number of hydrogen-bond acceptors (Lipinski definition) is 15. The fourth-order valence-electron chi connectivity index (χ4n) is 10.9. The smallest absolute Gasteiger partial charge is 0.462 e. The third kappa shape index (κ3) is 74.3. The lowest BCUT2D eigenvalue weighted by molar-refractivity contribution is -0.161. The van der Waals surface area contributed by atoms with Crippen LogP contribution in [0, 0.1) is 0 Å². The molecule has 0 spiro atoms. The summed E-state index contributed by atoms with van der Waals surface area (Å²) in [6.07, 6.45) is 79.5. The minimum atomic E-state index is -4.98. The van der Waals surface area contributed by atoms with Gasteiger partial charge in [0.2, 0.25) is 0 Å². The molecule has 0 rings (SSSR count). The zero-order chi connectivity index (χ0) is 74.6. The number of carbonyl (C=O) groups excluding carboxylic acids is 4. The van der Waals surface area contributed by atoms with Crippen LogP contribution in [0.4, 0.5) is 0 Å². The minimum absolute atomic E-state index is 0.0832. The van der Waals surface area contributed by atoms with Crippen LogP contribution in [0.3, 0.4) is 0 Å². The van der Waals surface area contributed by atoms with Gasteiger partial charge in [-0.1, -0.05) is 279 Å². The summed E-state index contributed by atoms with van der Waals surface area (Å²) in [5, 5.41) is 10.6. The van der Waals surface area contributed by atoms with Crippen LogP contribution < -0.4 is 0 Å². The van der Waals surface area contributed by atoms with Crippen LogP contribution in [0.25, 0.3) is 0 Å². The van der Waals surface area contributed by atoms with E-state index in [1.807, 2.05) is 0 Å². The fraction of sp³-hybridized carbons (Fsp3) is 0.759. The number of ether oxygens (including phenoxy) is 4. The molecule has 0 heterocycles. The Bertz CT molecular complexity index is 2310. The first-order valence-electron chi connectivity index (χ1n) is 40.5. The zero-order valence-electron chi connectivity index (χ0n) is 64.5. The molecule has 0 aromatic rings. The maximum Gasteiger partial charge on any atom is 0.472 e. The number of aliphatic hydroxyl groups is 1. The Morgan fingerprint density at radius 2 is 0.510 bits per heavy atom. The normalized spacial score (nSPS) is 14.4. The second-order valence-corrected chi connectivity index (χ2v) is 29.8. The number of carbonyl (C=O) groups is 4. The summed E-state index contributed by atoms with van der Waals surface area (Å²) in [6.45, 7) is 4.64. The number of aliphatic hydroxyl groups excluding tert-OH is 1. The van der Waals surface area contributed by atoms with Crippen molar-refractivity contribution < 1.29 is 80.2 Å². The molecular formula is C83H146O17P2. The SMILES string of the molecule is CC/C=C\C/C=C\C/C=C\CCCCCCCCCC(=O)OCC(COP(=O)(O)OCC(O)COP(=O)(O)OCC(COC(=O)CCCCCCCCC/C=C\C/C=C\C/C=C\CC)OC(=O)CCCCCCC/C=C\CCCCCCCC)OC(=O)CCCCCCC/C=C\CCCCCC. The van der Waals surface area contributed by atoms with E-state index in [2.05, 4.69) is 125 Å². The van der Waals surface area contributed by atoms with Gasteiger partial charge in [-0.3, -0.25) is 37.3 Å². The van der Waals surface area contributed by atoms with Gasteiger partial charge in [-0.25, -0.2) is 9.13 Å². The highest BCUT2D eigenvalue weighted by Crippen LogP contribution is 2.45. The Labute approximate surface area is 620 Å². The molecule has 3 N–H and O–H groups in total. The first-order valence-corrected chi connectivity index (χ1v) is 43.5. The highest BCUT2D eigenvalue weighted by molar-refractivity contribution is 7.47. The van der Waals surface area contributed by atoms with Crippen molar-refractivity contribution in [1.29, 1.82) is 0 Å². The molecule has 5 atom stereocenters. The maximum atomic E-state index is 13.1. The van der Waals surface area contributed by atoms with Gasteiger partial charge in [0.05, 0.1) is 26.4 Å². The molecule has 19 heteroatoms. The first kappa shape index (κ1) is 98.0. The van der Waals surface area contributed by atoms with Crippen LogP contribution in [-0.4, -0.2) is 96.7 Å². The zero-order valence-corrected chi connectivity index (χ0v) is 66.3. The average Bonchev–Trinajstić information content (AvgIpc) is 0.908. The van der Waals surface area contributed by atoms with Crippen molar-refractivity contribution >= 4 is 39.5 Å². The van der Waals surface area contributed by atoms with Gasteiger partial charge in [0.15, 0.2) is 12.2 Å². The van der Waals surface area contributed by atoms with E-state index >= 15 is 0 Å². The summed E-state index contributed by atoms with van der Waals surface area (Å²) in [4.78, 5) is 73.0. The lowest BCUT2D eigenvalue weighted by Crippen LogP contribution is -2.30. The Balaban J connectivity index is 5.35. The molecule has 0 saturated heterocycles. The van der Waals surface area contributed by atoms with Crippen LogP contribution in [-0.2, 0) is 65.4 Å². The summed E-state index contributed by atoms with van der Waals surface area (Å²) in [5.41, 5.74) is 0. The molecule has 0 amide bonds. The maximum absolute atomic E-state index is 13.1. The third-order valence-corrected chi connectivity index (χ3v) is 18.9. The summed E-state index contributed by atoms with van der Waals surface area (Å²) >= 11 is 0. The van der Waals surface area contributed by atoms with Gasteiger partial charge in [-0.05, 0) is 141 Å². The third-order valence-electron chi connectivity index (χ3n) is 17.0. The largest absolute Gasteiger partial charge is 0.472 e. The van der Waals surface area contributed by atoms with E-state index in [0.717, 1.165) is 205 Å². The summed E-state index contributed by atoms with van der Waals surface area (Å²) in [6, 6.07) is 0. The van der Waals surface area contributed by atoms with Crippen molar-refractivity contribution in [3.05, 3.63) is 97.2 Å². The average molecular weight is 1480 g/mol. The van der Waals surface area contributed by atoms with Crippen LogP contribution in [0.1, 0.15) is 349 Å². The molecule has 0 aliphatic heterocycles. The molecule has 0 bridgehead atoms. The molecule has 590 valence electrons. The fourth-order valence-corrected chi connectivity index (χ4v) is 12.5. The van der Waals surface area contributed by atoms with Gasteiger partial charge in [-0.2, -0.15) is 0 Å². The summed E-state index contributed by atoms with van der Waals surface area (Å²) in [5.74, 6) is -2.20. The van der Waals surface area contributed by atoms with Crippen molar-refractivity contribution in [3.8, 4) is 0 Å². The number of phosphoric acid groups is 2. The van der Waals surface area contributed by atoms with E-state index in [1.165, 1.54) is 64.2 Å². The quantitative estimate of drug-likeness (QED) is 0.0169. The van der Waals surface area contributed by atoms with Crippen molar-refractivity contribution in [1.82, 2.24) is 0 Å². The Morgan fingerprint density at radius 1 is 0.284 bits per heavy atom. The van der Waals surface area contributed by atoms with Crippen molar-refractivity contribution in [2.75, 3.05) is 39.6 Å². The molecule has 0 aliphatic rings. The number of phosphoric ester groups is 2. The van der Waals surface area contributed by atoms with E-state index in [9.17, 15) is 43.2 Å². The number of esters is 4. The van der Waals surface area contributed by atoms with Crippen molar-refractivity contribution in [2.24, 2.45) is 0 Å². The van der Waals surface area contributed by atoms with Gasteiger partial charge in [0.1, 0.15) is 19.3 Å². The number of rotatable bonds is 76. The number of unbranched alkanes of at least 4 members (excludes halogenated alkanes) is 34. The number of allylic oxidation sites excluding steroid dienone is 16. The lowest BCUT2D eigenvalue weighted by atomic mass is 10.1. The molecule has 17 nitrogen and oxygen atoms in total. The molecule has 0 saturated carbocycles. The second kappa shape index (κ2) is 75.2. The van der Waals surface area contributed by atoms with E-state index in [-0.39, 0.29) is 25.7 Å². The van der Waals surface area contributed by atoms with Gasteiger partial charge in [0, 0.05) is 25.7 Å². The van der Waals surface area contributed by atoms with E-state index < -0.39 is 97.5 Å². The molecule has 0 aromatic carbocycles. The predicted molar refractivity (Wildman–Crippen MR) is 418 cm³/mol. The summed E-state index contributed by atoms with van der Waals surface area (Å²) < 4.78 is 68.6. The van der Waals surface area contributed by atoms with Crippen LogP contribution in [0.15, 0.2) is 97.2 Å². The number of hydrogen-bond donors (Lipinski definition) is 3. The van der Waals surface area contributed by atoms with Crippen molar-refractivity contribution in [2.45, 2.75) is 367 Å². The van der Waals surface area contributed by atoms with Crippen LogP contribution >= 0.6 is 15.6 Å². The topological polar surface area (TPSA) is 237 Å². The molecular weight excluding hydrogens is 1330 g/mol. The summed E-state index contributed by atoms with van der Waals surface area (Å²) in [7, 11) is -9.96. The van der Waals surface area contributed by atoms with E-state index in [4.69, 9.17) is 37.0 Å². The van der Waals surface area contributed by atoms with Gasteiger partial charge >= 0.3 is 39.5 Å². The lowest BCUT2D eigenvalue weighted by Gasteiger charge is -2.21. The molecule has 0 aromatic heterocycles. The van der Waals surface area contributed by atoms with Crippen LogP contribution in [0.5, 0.6) is 0 Å². The van der Waals surface area contributed by atoms with Gasteiger partial charge in [0.25, 0.3) is 0 Å². The monoisotopic (exact) mass is 1480 g/mol. The first-order chi connectivity index (χ1) is 49.7. The highest BCUT2D eigenvalue weighted by atomic mass is 31.2. The Kier molecular flexibility index (Phi) is 72.3. The highest BCUT2D eigenvalue weighted by Gasteiger charge is 2.30. The molecule has 0 aliphatic carbocycles. The second-order valence-electron chi connectivity index (χ2n) is 26.9. The molecule has 5 unspecified atom stereocenters. The standard InChI is InChI=1S/C83H146O17P2/c1-5-9-13-17-21-25-29-33-36-38-41-44-47-51-55-59-63-67-80(85)93-73-78(99-82(87)69-65-61-57-53-49-43-32-28-24-20-16-12-8-4)75-97-101(89,90)95-71-77(84)72-96-102(91,92)98-76-79(100-83(88)70-66-62-58-54-50-46-40-35-31-27-23-19-15-11-7-3)74-94-81(86)68-64-60-56-52-48-45-42-39-37-34-30-26-22-18-14-10-6-2/h9-10,13-14,21-22,25-26,28,32-37,40,77-79,84H,5-8,11-12,15-20,23-24,27,29-31,38-39,41-76H2,1-4H3,(H,89,90)(H,91,92)/b13-9-,14-10-,25-21-,26-22-,32-28-,36-33-,37-34-,40-35-. The minimum Gasteiger partial charge on any atom is -0.462 e. The van der Waals surface area contributed by atoms with E-state index in [1.54, 1.807) is 0 Å². The molecule has 0 fully saturated rings. The van der Waals surface area contributed by atoms with Crippen LogP contribution in [0.2, 0.25) is 0 Å². The van der Waals surface area contributed by atoms with E-state index in [0.29, 0.717) is 25.7 Å². The predicted octanol–water partition coefficient (Wildman–Crippen LogP) is 23.6.